The van der Waals surface area contributed by atoms with Crippen molar-refractivity contribution in [2.24, 2.45) is 0 Å². The van der Waals surface area contributed by atoms with Crippen molar-refractivity contribution < 1.29 is 4.74 Å². The van der Waals surface area contributed by atoms with Crippen LogP contribution in [0.2, 0.25) is 0 Å². The van der Waals surface area contributed by atoms with E-state index in [0.29, 0.717) is 12.5 Å². The molecular formula is C19H24N2O. The molecule has 0 spiro atoms. The van der Waals surface area contributed by atoms with E-state index in [9.17, 15) is 0 Å². The molecule has 0 aromatic heterocycles. The molecule has 0 fully saturated rings. The van der Waals surface area contributed by atoms with E-state index in [-0.39, 0.29) is 0 Å². The Morgan fingerprint density at radius 2 is 1.91 bits per heavy atom. The zero-order valence-corrected chi connectivity index (χ0v) is 13.4. The third kappa shape index (κ3) is 3.19. The highest BCUT2D eigenvalue weighted by atomic mass is 16.5. The summed E-state index contributed by atoms with van der Waals surface area (Å²) in [6.07, 6.45) is 1.10. The van der Waals surface area contributed by atoms with Gasteiger partial charge in [-0.05, 0) is 47.7 Å². The molecule has 1 aliphatic rings. The minimum atomic E-state index is 0.556. The molecule has 0 radical (unpaired) electrons. The molecule has 0 aliphatic carbocycles. The standard InChI is InChI=1S/C19H24N2O/c1-14(2)15-4-7-18(8-5-15)22-12-11-21-10-9-16-3-6-17(20)13-19(16)21/h3-8,13-14H,9-12,20H2,1-2H3. The molecule has 0 amide bonds. The van der Waals surface area contributed by atoms with Crippen molar-refractivity contribution >= 4 is 11.4 Å². The summed E-state index contributed by atoms with van der Waals surface area (Å²) in [5.41, 5.74) is 10.7. The summed E-state index contributed by atoms with van der Waals surface area (Å²) in [5, 5.41) is 0. The molecule has 22 heavy (non-hydrogen) atoms. The molecular weight excluding hydrogens is 272 g/mol. The molecule has 2 aromatic rings. The van der Waals surface area contributed by atoms with Gasteiger partial charge < -0.3 is 15.4 Å². The molecule has 1 heterocycles. The van der Waals surface area contributed by atoms with Gasteiger partial charge in [-0.3, -0.25) is 0 Å². The maximum atomic E-state index is 5.89. The number of nitrogens with two attached hydrogens (primary N) is 1. The normalized spacial score (nSPS) is 13.5. The van der Waals surface area contributed by atoms with E-state index in [2.05, 4.69) is 55.1 Å². The van der Waals surface area contributed by atoms with Crippen LogP contribution in [0.15, 0.2) is 42.5 Å². The first-order valence-electron chi connectivity index (χ1n) is 7.99. The summed E-state index contributed by atoms with van der Waals surface area (Å²) in [5.74, 6) is 1.50. The lowest BCUT2D eigenvalue weighted by Crippen LogP contribution is -2.26. The van der Waals surface area contributed by atoms with E-state index in [1.165, 1.54) is 16.8 Å². The third-order valence-electron chi connectivity index (χ3n) is 4.28. The predicted molar refractivity (Wildman–Crippen MR) is 92.8 cm³/mol. The molecule has 0 saturated heterocycles. The van der Waals surface area contributed by atoms with Gasteiger partial charge in [0.25, 0.3) is 0 Å². The highest BCUT2D eigenvalue weighted by molar-refractivity contribution is 5.64. The van der Waals surface area contributed by atoms with Crippen molar-refractivity contribution in [2.45, 2.75) is 26.2 Å². The number of nitrogen functional groups attached to an aromatic ring is 1. The number of rotatable bonds is 5. The molecule has 2 N–H and O–H groups in total. The molecule has 3 nitrogen and oxygen atoms in total. The third-order valence-corrected chi connectivity index (χ3v) is 4.28. The second-order valence-electron chi connectivity index (χ2n) is 6.20. The topological polar surface area (TPSA) is 38.5 Å². The average Bonchev–Trinajstić information content (AvgIpc) is 2.90. The highest BCUT2D eigenvalue weighted by Gasteiger charge is 2.18. The quantitative estimate of drug-likeness (QED) is 0.852. The first kappa shape index (κ1) is 14.8. The summed E-state index contributed by atoms with van der Waals surface area (Å²) >= 11 is 0. The summed E-state index contributed by atoms with van der Waals surface area (Å²) in [6, 6.07) is 14.6. The smallest absolute Gasteiger partial charge is 0.119 e. The number of hydrogen-bond acceptors (Lipinski definition) is 3. The van der Waals surface area contributed by atoms with Crippen LogP contribution in [0.3, 0.4) is 0 Å². The average molecular weight is 296 g/mol. The van der Waals surface area contributed by atoms with Crippen LogP contribution in [-0.2, 0) is 6.42 Å². The van der Waals surface area contributed by atoms with E-state index in [1.807, 2.05) is 6.07 Å². The molecule has 3 rings (SSSR count). The van der Waals surface area contributed by atoms with Crippen LogP contribution in [0, 0.1) is 0 Å². The number of fused-ring (bicyclic) bond motifs is 1. The van der Waals surface area contributed by atoms with Crippen molar-refractivity contribution in [1.82, 2.24) is 0 Å². The van der Waals surface area contributed by atoms with Gasteiger partial charge in [0.15, 0.2) is 0 Å². The van der Waals surface area contributed by atoms with Gasteiger partial charge in [0.2, 0.25) is 0 Å². The first-order chi connectivity index (χ1) is 10.6. The molecule has 3 heteroatoms. The zero-order valence-electron chi connectivity index (χ0n) is 13.4. The van der Waals surface area contributed by atoms with Gasteiger partial charge in [-0.25, -0.2) is 0 Å². The Morgan fingerprint density at radius 3 is 2.64 bits per heavy atom. The van der Waals surface area contributed by atoms with E-state index in [4.69, 9.17) is 10.5 Å². The van der Waals surface area contributed by atoms with Gasteiger partial charge in [-0.15, -0.1) is 0 Å². The number of ether oxygens (including phenoxy) is 1. The largest absolute Gasteiger partial charge is 0.492 e. The Hall–Kier alpha value is -2.16. The van der Waals surface area contributed by atoms with Crippen LogP contribution < -0.4 is 15.4 Å². The van der Waals surface area contributed by atoms with Crippen LogP contribution >= 0.6 is 0 Å². The molecule has 2 aromatic carbocycles. The maximum absolute atomic E-state index is 5.89. The fourth-order valence-corrected chi connectivity index (χ4v) is 2.92. The number of benzene rings is 2. The lowest BCUT2D eigenvalue weighted by molar-refractivity contribution is 0.324. The second-order valence-corrected chi connectivity index (χ2v) is 6.20. The summed E-state index contributed by atoms with van der Waals surface area (Å²) in [7, 11) is 0. The number of nitrogens with zero attached hydrogens (tertiary/aromatic N) is 1. The Balaban J connectivity index is 1.55. The zero-order chi connectivity index (χ0) is 15.5. The van der Waals surface area contributed by atoms with Gasteiger partial charge in [0, 0.05) is 17.9 Å². The fraction of sp³-hybridized carbons (Fsp3) is 0.368. The van der Waals surface area contributed by atoms with Crippen molar-refractivity contribution in [2.75, 3.05) is 30.3 Å². The number of anilines is 2. The Kier molecular flexibility index (Phi) is 4.23. The minimum Gasteiger partial charge on any atom is -0.492 e. The summed E-state index contributed by atoms with van der Waals surface area (Å²) in [6.45, 7) is 7.03. The van der Waals surface area contributed by atoms with E-state index >= 15 is 0 Å². The summed E-state index contributed by atoms with van der Waals surface area (Å²) < 4.78 is 5.88. The van der Waals surface area contributed by atoms with Crippen LogP contribution in [0.25, 0.3) is 0 Å². The monoisotopic (exact) mass is 296 g/mol. The maximum Gasteiger partial charge on any atom is 0.119 e. The van der Waals surface area contributed by atoms with E-state index < -0.39 is 0 Å². The van der Waals surface area contributed by atoms with Gasteiger partial charge in [-0.2, -0.15) is 0 Å². The van der Waals surface area contributed by atoms with E-state index in [0.717, 1.165) is 30.9 Å². The molecule has 0 unspecified atom stereocenters. The van der Waals surface area contributed by atoms with Gasteiger partial charge in [-0.1, -0.05) is 32.0 Å². The molecule has 0 bridgehead atoms. The Bertz CT molecular complexity index is 634. The predicted octanol–water partition coefficient (Wildman–Crippen LogP) is 3.83. The summed E-state index contributed by atoms with van der Waals surface area (Å²) in [4.78, 5) is 2.36. The lowest BCUT2D eigenvalue weighted by Gasteiger charge is -2.20. The van der Waals surface area contributed by atoms with Crippen LogP contribution in [0.4, 0.5) is 11.4 Å². The van der Waals surface area contributed by atoms with Crippen LogP contribution in [-0.4, -0.2) is 19.7 Å². The van der Waals surface area contributed by atoms with Gasteiger partial charge in [0.05, 0.1) is 6.54 Å². The fourth-order valence-electron chi connectivity index (χ4n) is 2.92. The number of hydrogen-bond donors (Lipinski definition) is 1. The van der Waals surface area contributed by atoms with Crippen LogP contribution in [0.5, 0.6) is 5.75 Å². The molecule has 0 saturated carbocycles. The van der Waals surface area contributed by atoms with Crippen molar-refractivity contribution in [1.29, 1.82) is 0 Å². The van der Waals surface area contributed by atoms with Crippen molar-refractivity contribution in [3.63, 3.8) is 0 Å². The van der Waals surface area contributed by atoms with Crippen molar-refractivity contribution in [3.05, 3.63) is 53.6 Å². The van der Waals surface area contributed by atoms with Crippen LogP contribution in [0.1, 0.15) is 30.9 Å². The Labute approximate surface area is 132 Å². The molecule has 1 aliphatic heterocycles. The van der Waals surface area contributed by atoms with Gasteiger partial charge in [0.1, 0.15) is 12.4 Å². The molecule has 116 valence electrons. The molecule has 0 atom stereocenters. The van der Waals surface area contributed by atoms with Gasteiger partial charge >= 0.3 is 0 Å². The SMILES string of the molecule is CC(C)c1ccc(OCCN2CCc3ccc(N)cc32)cc1. The van der Waals surface area contributed by atoms with E-state index in [1.54, 1.807) is 0 Å². The lowest BCUT2D eigenvalue weighted by atomic mass is 10.0. The Morgan fingerprint density at radius 1 is 1.14 bits per heavy atom. The first-order valence-corrected chi connectivity index (χ1v) is 7.99. The second kappa shape index (κ2) is 6.30. The van der Waals surface area contributed by atoms with Crippen molar-refractivity contribution in [3.8, 4) is 5.75 Å². The minimum absolute atomic E-state index is 0.556. The highest BCUT2D eigenvalue weighted by Crippen LogP contribution is 2.29.